The molecule has 0 amide bonds. The van der Waals surface area contributed by atoms with E-state index in [0.29, 0.717) is 6.04 Å². The topological polar surface area (TPSA) is 42.2 Å². The van der Waals surface area contributed by atoms with Crippen molar-refractivity contribution >= 4 is 27.4 Å². The Morgan fingerprint density at radius 1 is 1.32 bits per heavy atom. The van der Waals surface area contributed by atoms with E-state index in [2.05, 4.69) is 45.1 Å². The normalized spacial score (nSPS) is 27.6. The molecule has 0 spiro atoms. The summed E-state index contributed by atoms with van der Waals surface area (Å²) in [6.07, 6.45) is 9.39. The van der Waals surface area contributed by atoms with E-state index in [1.54, 1.807) is 6.20 Å². The van der Waals surface area contributed by atoms with E-state index >= 15 is 0 Å². The molecule has 102 valence electrons. The molecular weight excluding hydrogens is 304 g/mol. The van der Waals surface area contributed by atoms with Gasteiger partial charge in [0.05, 0.1) is 0 Å². The van der Waals surface area contributed by atoms with E-state index < -0.39 is 0 Å². The highest BCUT2D eigenvalue weighted by molar-refractivity contribution is 9.10. The molecule has 0 aliphatic heterocycles. The fourth-order valence-electron chi connectivity index (χ4n) is 2.87. The van der Waals surface area contributed by atoms with E-state index in [-0.39, 0.29) is 0 Å². The summed E-state index contributed by atoms with van der Waals surface area (Å²) in [7, 11) is 0. The van der Waals surface area contributed by atoms with E-state index in [9.17, 15) is 0 Å². The fourth-order valence-corrected chi connectivity index (χ4v) is 3.27. The molecule has 4 nitrogen and oxygen atoms in total. The van der Waals surface area contributed by atoms with Crippen LogP contribution in [0.25, 0.3) is 5.65 Å². The van der Waals surface area contributed by atoms with Gasteiger partial charge in [0.1, 0.15) is 4.60 Å². The molecule has 0 radical (unpaired) electrons. The summed E-state index contributed by atoms with van der Waals surface area (Å²) >= 11 is 3.45. The molecule has 5 heteroatoms. The predicted molar refractivity (Wildman–Crippen MR) is 80.3 cm³/mol. The van der Waals surface area contributed by atoms with E-state index in [4.69, 9.17) is 0 Å². The molecule has 1 aliphatic rings. The number of nitrogens with one attached hydrogen (secondary N) is 1. The summed E-state index contributed by atoms with van der Waals surface area (Å²) in [6, 6.07) is 0.508. The number of nitrogens with zero attached hydrogens (tertiary/aromatic N) is 3. The molecule has 1 aliphatic carbocycles. The SMILES string of the molecule is CC1CCC(Nc2nc(Br)cn3ccnc23)CC1C. The Hall–Kier alpha value is -1.10. The Kier molecular flexibility index (Phi) is 3.48. The summed E-state index contributed by atoms with van der Waals surface area (Å²) in [5.74, 6) is 2.49. The zero-order valence-electron chi connectivity index (χ0n) is 11.3. The van der Waals surface area contributed by atoms with Crippen molar-refractivity contribution in [3.8, 4) is 0 Å². The first-order valence-electron chi connectivity index (χ1n) is 6.89. The fraction of sp³-hybridized carbons (Fsp3) is 0.571. The van der Waals surface area contributed by atoms with Crippen molar-refractivity contribution in [3.63, 3.8) is 0 Å². The van der Waals surface area contributed by atoms with Gasteiger partial charge in [0.2, 0.25) is 0 Å². The Labute approximate surface area is 121 Å². The van der Waals surface area contributed by atoms with Crippen LogP contribution in [0.15, 0.2) is 23.2 Å². The van der Waals surface area contributed by atoms with Gasteiger partial charge in [-0.15, -0.1) is 0 Å². The maximum absolute atomic E-state index is 4.53. The zero-order chi connectivity index (χ0) is 13.4. The number of hydrogen-bond acceptors (Lipinski definition) is 3. The quantitative estimate of drug-likeness (QED) is 0.916. The van der Waals surface area contributed by atoms with Crippen LogP contribution in [0, 0.1) is 11.8 Å². The molecule has 1 N–H and O–H groups in total. The average Bonchev–Trinajstić information content (AvgIpc) is 2.82. The van der Waals surface area contributed by atoms with Crippen molar-refractivity contribution in [1.29, 1.82) is 0 Å². The van der Waals surface area contributed by atoms with Gasteiger partial charge in [0.25, 0.3) is 0 Å². The number of fused-ring (bicyclic) bond motifs is 1. The Morgan fingerprint density at radius 2 is 2.16 bits per heavy atom. The highest BCUT2D eigenvalue weighted by Gasteiger charge is 2.25. The van der Waals surface area contributed by atoms with Crippen LogP contribution in [-0.2, 0) is 0 Å². The van der Waals surface area contributed by atoms with Crippen LogP contribution >= 0.6 is 15.9 Å². The largest absolute Gasteiger partial charge is 0.364 e. The third kappa shape index (κ3) is 2.61. The standard InChI is InChI=1S/C14H19BrN4/c1-9-3-4-11(7-10(9)2)17-13-14-16-5-6-19(14)8-12(15)18-13/h5-6,8-11H,3-4,7H2,1-2H3,(H,17,18). The van der Waals surface area contributed by atoms with Crippen LogP contribution in [-0.4, -0.2) is 20.4 Å². The molecule has 0 bridgehead atoms. The second-order valence-electron chi connectivity index (χ2n) is 5.68. The molecular formula is C14H19BrN4. The average molecular weight is 323 g/mol. The highest BCUT2D eigenvalue weighted by Crippen LogP contribution is 2.31. The minimum Gasteiger partial charge on any atom is -0.364 e. The van der Waals surface area contributed by atoms with Crippen molar-refractivity contribution in [1.82, 2.24) is 14.4 Å². The number of halogens is 1. The van der Waals surface area contributed by atoms with Gasteiger partial charge in [-0.05, 0) is 47.0 Å². The molecule has 3 unspecified atom stereocenters. The van der Waals surface area contributed by atoms with Gasteiger partial charge in [0.15, 0.2) is 11.5 Å². The number of aromatic nitrogens is 3. The first-order chi connectivity index (χ1) is 9.13. The monoisotopic (exact) mass is 322 g/mol. The van der Waals surface area contributed by atoms with Gasteiger partial charge in [-0.1, -0.05) is 13.8 Å². The highest BCUT2D eigenvalue weighted by atomic mass is 79.9. The molecule has 1 fully saturated rings. The van der Waals surface area contributed by atoms with Crippen LogP contribution < -0.4 is 5.32 Å². The van der Waals surface area contributed by atoms with Crippen LogP contribution in [0.3, 0.4) is 0 Å². The van der Waals surface area contributed by atoms with Crippen molar-refractivity contribution in [2.75, 3.05) is 5.32 Å². The van der Waals surface area contributed by atoms with Gasteiger partial charge in [0, 0.05) is 24.6 Å². The summed E-state index contributed by atoms with van der Waals surface area (Å²) in [4.78, 5) is 8.91. The third-order valence-corrected chi connectivity index (χ3v) is 4.67. The minimum atomic E-state index is 0.508. The lowest BCUT2D eigenvalue weighted by Crippen LogP contribution is -2.30. The first-order valence-corrected chi connectivity index (χ1v) is 7.68. The maximum Gasteiger partial charge on any atom is 0.180 e. The number of imidazole rings is 1. The van der Waals surface area contributed by atoms with Gasteiger partial charge in [-0.3, -0.25) is 0 Å². The van der Waals surface area contributed by atoms with Gasteiger partial charge < -0.3 is 9.72 Å². The summed E-state index contributed by atoms with van der Waals surface area (Å²) in [6.45, 7) is 4.70. The van der Waals surface area contributed by atoms with Crippen LogP contribution in [0.4, 0.5) is 5.82 Å². The second-order valence-corrected chi connectivity index (χ2v) is 6.49. The summed E-state index contributed by atoms with van der Waals surface area (Å²) < 4.78 is 2.83. The smallest absolute Gasteiger partial charge is 0.180 e. The Bertz CT molecular complexity index is 580. The van der Waals surface area contributed by atoms with E-state index in [1.807, 2.05) is 16.8 Å². The zero-order valence-corrected chi connectivity index (χ0v) is 12.9. The molecule has 19 heavy (non-hydrogen) atoms. The Balaban J connectivity index is 1.83. The molecule has 3 rings (SSSR count). The molecule has 1 saturated carbocycles. The summed E-state index contributed by atoms with van der Waals surface area (Å²) in [5, 5.41) is 3.58. The third-order valence-electron chi connectivity index (χ3n) is 4.28. The van der Waals surface area contributed by atoms with Gasteiger partial charge in [-0.2, -0.15) is 0 Å². The molecule has 2 heterocycles. The van der Waals surface area contributed by atoms with Crippen LogP contribution in [0.5, 0.6) is 0 Å². The van der Waals surface area contributed by atoms with Crippen molar-refractivity contribution in [2.24, 2.45) is 11.8 Å². The van der Waals surface area contributed by atoms with Gasteiger partial charge >= 0.3 is 0 Å². The molecule has 2 aromatic heterocycles. The van der Waals surface area contributed by atoms with Crippen LogP contribution in [0.1, 0.15) is 33.1 Å². The predicted octanol–water partition coefficient (Wildman–Crippen LogP) is 3.73. The van der Waals surface area contributed by atoms with E-state index in [1.165, 1.54) is 19.3 Å². The van der Waals surface area contributed by atoms with Crippen molar-refractivity contribution < 1.29 is 0 Å². The van der Waals surface area contributed by atoms with E-state index in [0.717, 1.165) is 27.9 Å². The summed E-state index contributed by atoms with van der Waals surface area (Å²) in [5.41, 5.74) is 0.898. The second kappa shape index (κ2) is 5.12. The minimum absolute atomic E-state index is 0.508. The molecule has 0 saturated heterocycles. The van der Waals surface area contributed by atoms with Crippen molar-refractivity contribution in [2.45, 2.75) is 39.2 Å². The molecule has 2 aromatic rings. The molecule has 0 aromatic carbocycles. The maximum atomic E-state index is 4.53. The Morgan fingerprint density at radius 3 is 2.95 bits per heavy atom. The first kappa shape index (κ1) is 12.9. The number of anilines is 1. The lowest BCUT2D eigenvalue weighted by Gasteiger charge is -2.32. The number of hydrogen-bond donors (Lipinski definition) is 1. The van der Waals surface area contributed by atoms with Crippen molar-refractivity contribution in [3.05, 3.63) is 23.2 Å². The van der Waals surface area contributed by atoms with Crippen LogP contribution in [0.2, 0.25) is 0 Å². The number of rotatable bonds is 2. The molecule has 3 atom stereocenters. The lowest BCUT2D eigenvalue weighted by molar-refractivity contribution is 0.260. The lowest BCUT2D eigenvalue weighted by atomic mass is 9.79. The van der Waals surface area contributed by atoms with Gasteiger partial charge in [-0.25, -0.2) is 9.97 Å².